The number of nitro groups is 1. The molecule has 0 aliphatic rings. The van der Waals surface area contributed by atoms with Crippen molar-refractivity contribution in [2.75, 3.05) is 11.1 Å². The van der Waals surface area contributed by atoms with Crippen molar-refractivity contribution in [3.05, 3.63) is 57.1 Å². The Morgan fingerprint density at radius 1 is 1.30 bits per heavy atom. The molecule has 104 valence electrons. The van der Waals surface area contributed by atoms with Crippen LogP contribution in [0, 0.1) is 10.1 Å². The number of pyridine rings is 1. The molecule has 7 heteroatoms. The Morgan fingerprint density at radius 3 is 2.50 bits per heavy atom. The minimum Gasteiger partial charge on any atom is -0.378 e. The molecule has 20 heavy (non-hydrogen) atoms. The van der Waals surface area contributed by atoms with Crippen molar-refractivity contribution < 1.29 is 4.92 Å². The first kappa shape index (κ1) is 14.1. The van der Waals surface area contributed by atoms with Crippen LogP contribution in [0.5, 0.6) is 0 Å². The zero-order valence-corrected chi connectivity index (χ0v) is 11.5. The summed E-state index contributed by atoms with van der Waals surface area (Å²) < 4.78 is 0. The molecule has 0 spiro atoms. The number of hydrogen-bond donors (Lipinski definition) is 2. The third-order valence-electron chi connectivity index (χ3n) is 2.83. The van der Waals surface area contributed by atoms with Gasteiger partial charge in [-0.05, 0) is 30.7 Å². The van der Waals surface area contributed by atoms with E-state index in [9.17, 15) is 10.1 Å². The lowest BCUT2D eigenvalue weighted by atomic mass is 10.1. The lowest BCUT2D eigenvalue weighted by molar-refractivity contribution is -0.384. The number of hydrogen-bond acceptors (Lipinski definition) is 5. The third-order valence-corrected chi connectivity index (χ3v) is 3.09. The van der Waals surface area contributed by atoms with Gasteiger partial charge < -0.3 is 11.1 Å². The average Bonchev–Trinajstić information content (AvgIpc) is 2.39. The largest absolute Gasteiger partial charge is 0.378 e. The maximum absolute atomic E-state index is 10.7. The Hall–Kier alpha value is -2.34. The van der Waals surface area contributed by atoms with E-state index in [-0.39, 0.29) is 17.5 Å². The first-order valence-corrected chi connectivity index (χ1v) is 6.28. The topological polar surface area (TPSA) is 94.1 Å². The molecule has 3 N–H and O–H groups in total. The van der Waals surface area contributed by atoms with Crippen LogP contribution in [0.4, 0.5) is 17.3 Å². The van der Waals surface area contributed by atoms with Gasteiger partial charge in [-0.25, -0.2) is 4.98 Å². The molecule has 2 aromatic rings. The van der Waals surface area contributed by atoms with Crippen LogP contribution in [0.25, 0.3) is 0 Å². The van der Waals surface area contributed by atoms with Gasteiger partial charge in [-0.2, -0.15) is 0 Å². The fourth-order valence-electron chi connectivity index (χ4n) is 1.76. The summed E-state index contributed by atoms with van der Waals surface area (Å²) in [6.45, 7) is 1.95. The van der Waals surface area contributed by atoms with Gasteiger partial charge in [0, 0.05) is 17.1 Å². The molecule has 1 unspecified atom stereocenters. The standard InChI is InChI=1S/C13H13ClN4O2/c1-8(9-2-4-10(14)5-3-9)16-12-7-6-11(18(19)20)13(15)17-12/h2-8H,1H3,(H3,15,16,17). The van der Waals surface area contributed by atoms with Crippen LogP contribution in [0.1, 0.15) is 18.5 Å². The van der Waals surface area contributed by atoms with Crippen LogP contribution in [-0.4, -0.2) is 9.91 Å². The number of nitrogen functional groups attached to an aromatic ring is 1. The zero-order valence-electron chi connectivity index (χ0n) is 10.7. The van der Waals surface area contributed by atoms with Gasteiger partial charge >= 0.3 is 5.69 Å². The number of benzene rings is 1. The number of halogens is 1. The zero-order chi connectivity index (χ0) is 14.7. The van der Waals surface area contributed by atoms with Gasteiger partial charge in [0.15, 0.2) is 0 Å². The SMILES string of the molecule is CC(Nc1ccc([N+](=O)[O-])c(N)n1)c1ccc(Cl)cc1. The van der Waals surface area contributed by atoms with Crippen molar-refractivity contribution in [2.45, 2.75) is 13.0 Å². The van der Waals surface area contributed by atoms with Crippen LogP contribution < -0.4 is 11.1 Å². The highest BCUT2D eigenvalue weighted by atomic mass is 35.5. The van der Waals surface area contributed by atoms with E-state index in [2.05, 4.69) is 10.3 Å². The molecule has 0 saturated carbocycles. The van der Waals surface area contributed by atoms with E-state index >= 15 is 0 Å². The van der Waals surface area contributed by atoms with Gasteiger partial charge in [0.1, 0.15) is 5.82 Å². The van der Waals surface area contributed by atoms with E-state index < -0.39 is 4.92 Å². The number of aromatic nitrogens is 1. The summed E-state index contributed by atoms with van der Waals surface area (Å²) in [6, 6.07) is 10.2. The van der Waals surface area contributed by atoms with Crippen molar-refractivity contribution in [3.8, 4) is 0 Å². The summed E-state index contributed by atoms with van der Waals surface area (Å²) in [7, 11) is 0. The van der Waals surface area contributed by atoms with Gasteiger partial charge in [0.25, 0.3) is 0 Å². The van der Waals surface area contributed by atoms with Gasteiger partial charge in [0.05, 0.1) is 4.92 Å². The molecular weight excluding hydrogens is 280 g/mol. The molecule has 0 radical (unpaired) electrons. The van der Waals surface area contributed by atoms with Crippen LogP contribution in [0.2, 0.25) is 5.02 Å². The van der Waals surface area contributed by atoms with Gasteiger partial charge in [-0.15, -0.1) is 0 Å². The minimum atomic E-state index is -0.561. The average molecular weight is 293 g/mol. The second-order valence-electron chi connectivity index (χ2n) is 4.28. The molecule has 1 aromatic carbocycles. The molecular formula is C13H13ClN4O2. The van der Waals surface area contributed by atoms with E-state index in [1.54, 1.807) is 12.1 Å². The van der Waals surface area contributed by atoms with Crippen molar-refractivity contribution >= 4 is 28.9 Å². The number of nitrogens with zero attached hydrogens (tertiary/aromatic N) is 2. The molecule has 0 aliphatic heterocycles. The van der Waals surface area contributed by atoms with Gasteiger partial charge in [-0.3, -0.25) is 10.1 Å². The Labute approximate surface area is 120 Å². The molecule has 1 atom stereocenters. The predicted molar refractivity (Wildman–Crippen MR) is 78.8 cm³/mol. The maximum Gasteiger partial charge on any atom is 0.311 e. The summed E-state index contributed by atoms with van der Waals surface area (Å²) >= 11 is 5.83. The van der Waals surface area contributed by atoms with Gasteiger partial charge in [0.2, 0.25) is 5.82 Å². The van der Waals surface area contributed by atoms with Crippen LogP contribution >= 0.6 is 11.6 Å². The quantitative estimate of drug-likeness (QED) is 0.665. The Bertz CT molecular complexity index is 631. The monoisotopic (exact) mass is 292 g/mol. The molecule has 0 fully saturated rings. The van der Waals surface area contributed by atoms with E-state index in [0.29, 0.717) is 10.8 Å². The number of rotatable bonds is 4. The number of nitrogens with one attached hydrogen (secondary N) is 1. The summed E-state index contributed by atoms with van der Waals surface area (Å²) in [4.78, 5) is 14.1. The lowest BCUT2D eigenvalue weighted by Crippen LogP contribution is -2.09. The summed E-state index contributed by atoms with van der Waals surface area (Å²) in [5.41, 5.74) is 6.37. The molecule has 0 bridgehead atoms. The Balaban J connectivity index is 2.15. The molecule has 6 nitrogen and oxygen atoms in total. The lowest BCUT2D eigenvalue weighted by Gasteiger charge is -2.15. The normalized spacial score (nSPS) is 11.9. The smallest absolute Gasteiger partial charge is 0.311 e. The second-order valence-corrected chi connectivity index (χ2v) is 4.71. The highest BCUT2D eigenvalue weighted by Gasteiger charge is 2.14. The van der Waals surface area contributed by atoms with Crippen LogP contribution in [-0.2, 0) is 0 Å². The molecule has 1 heterocycles. The molecule has 0 saturated heterocycles. The van der Waals surface area contributed by atoms with Crippen molar-refractivity contribution in [3.63, 3.8) is 0 Å². The minimum absolute atomic E-state index is 0.0272. The number of nitrogens with two attached hydrogens (primary N) is 1. The first-order valence-electron chi connectivity index (χ1n) is 5.90. The van der Waals surface area contributed by atoms with Gasteiger partial charge in [-0.1, -0.05) is 23.7 Å². The summed E-state index contributed by atoms with van der Waals surface area (Å²) in [5, 5.41) is 14.5. The predicted octanol–water partition coefficient (Wildman–Crippen LogP) is 3.40. The number of anilines is 2. The van der Waals surface area contributed by atoms with Crippen molar-refractivity contribution in [1.29, 1.82) is 0 Å². The molecule has 2 rings (SSSR count). The summed E-state index contributed by atoms with van der Waals surface area (Å²) in [6.07, 6.45) is 0. The van der Waals surface area contributed by atoms with E-state index in [1.165, 1.54) is 12.1 Å². The molecule has 1 aromatic heterocycles. The van der Waals surface area contributed by atoms with E-state index in [0.717, 1.165) is 5.56 Å². The van der Waals surface area contributed by atoms with E-state index in [1.807, 2.05) is 19.1 Å². The van der Waals surface area contributed by atoms with Crippen LogP contribution in [0.15, 0.2) is 36.4 Å². The van der Waals surface area contributed by atoms with E-state index in [4.69, 9.17) is 17.3 Å². The Kier molecular flexibility index (Phi) is 4.05. The van der Waals surface area contributed by atoms with Crippen molar-refractivity contribution in [1.82, 2.24) is 4.98 Å². The molecule has 0 aliphatic carbocycles. The summed E-state index contributed by atoms with van der Waals surface area (Å²) in [5.74, 6) is 0.374. The fraction of sp³-hybridized carbons (Fsp3) is 0.154. The van der Waals surface area contributed by atoms with Crippen LogP contribution in [0.3, 0.4) is 0 Å². The van der Waals surface area contributed by atoms with Crippen molar-refractivity contribution in [2.24, 2.45) is 0 Å². The third kappa shape index (κ3) is 3.16. The second kappa shape index (κ2) is 5.75. The highest BCUT2D eigenvalue weighted by Crippen LogP contribution is 2.24. The highest BCUT2D eigenvalue weighted by molar-refractivity contribution is 6.30. The Morgan fingerprint density at radius 2 is 1.95 bits per heavy atom. The first-order chi connectivity index (χ1) is 9.47. The maximum atomic E-state index is 10.7. The molecule has 0 amide bonds. The fourth-order valence-corrected chi connectivity index (χ4v) is 1.88.